The molecule has 114 valence electrons. The average Bonchev–Trinajstić information content (AvgIpc) is 2.35. The predicted molar refractivity (Wildman–Crippen MR) is 82.6 cm³/mol. The SMILES string of the molecule is CCCN(CCO)c1c(F)cccc1CNC(C)(C)C. The van der Waals surface area contributed by atoms with E-state index in [4.69, 9.17) is 0 Å². The number of rotatable bonds is 7. The Morgan fingerprint density at radius 1 is 1.25 bits per heavy atom. The van der Waals surface area contributed by atoms with Crippen LogP contribution in [0.2, 0.25) is 0 Å². The summed E-state index contributed by atoms with van der Waals surface area (Å²) in [5.41, 5.74) is 1.53. The molecule has 1 aromatic rings. The predicted octanol–water partition coefficient (Wildman–Crippen LogP) is 2.92. The van der Waals surface area contributed by atoms with Crippen molar-refractivity contribution in [1.29, 1.82) is 0 Å². The Morgan fingerprint density at radius 3 is 2.50 bits per heavy atom. The maximum atomic E-state index is 14.2. The zero-order valence-corrected chi connectivity index (χ0v) is 13.0. The van der Waals surface area contributed by atoms with Gasteiger partial charge in [-0.15, -0.1) is 0 Å². The largest absolute Gasteiger partial charge is 0.395 e. The molecular formula is C16H27FN2O. The van der Waals surface area contributed by atoms with Gasteiger partial charge in [0.15, 0.2) is 0 Å². The molecule has 0 aliphatic rings. The third-order valence-corrected chi connectivity index (χ3v) is 3.06. The van der Waals surface area contributed by atoms with Crippen molar-refractivity contribution in [3.8, 4) is 0 Å². The Balaban J connectivity index is 3.02. The smallest absolute Gasteiger partial charge is 0.146 e. The lowest BCUT2D eigenvalue weighted by Gasteiger charge is -2.28. The molecule has 0 amide bonds. The van der Waals surface area contributed by atoms with Gasteiger partial charge in [-0.3, -0.25) is 0 Å². The van der Waals surface area contributed by atoms with Crippen molar-refractivity contribution < 1.29 is 9.50 Å². The molecule has 0 saturated heterocycles. The lowest BCUT2D eigenvalue weighted by atomic mass is 10.1. The second-order valence-corrected chi connectivity index (χ2v) is 6.06. The fourth-order valence-electron chi connectivity index (χ4n) is 2.14. The average molecular weight is 282 g/mol. The summed E-state index contributed by atoms with van der Waals surface area (Å²) in [6.07, 6.45) is 0.917. The summed E-state index contributed by atoms with van der Waals surface area (Å²) in [6.45, 7) is 10.2. The number of benzene rings is 1. The normalized spacial score (nSPS) is 11.7. The monoisotopic (exact) mass is 282 g/mol. The summed E-state index contributed by atoms with van der Waals surface area (Å²) >= 11 is 0. The Morgan fingerprint density at radius 2 is 1.95 bits per heavy atom. The highest BCUT2D eigenvalue weighted by molar-refractivity contribution is 5.55. The molecule has 0 bridgehead atoms. The van der Waals surface area contributed by atoms with Gasteiger partial charge in [0.2, 0.25) is 0 Å². The maximum absolute atomic E-state index is 14.2. The van der Waals surface area contributed by atoms with Gasteiger partial charge >= 0.3 is 0 Å². The minimum absolute atomic E-state index is 0.0177. The number of nitrogens with zero attached hydrogens (tertiary/aromatic N) is 1. The van der Waals surface area contributed by atoms with Crippen molar-refractivity contribution in [3.63, 3.8) is 0 Å². The number of nitrogens with one attached hydrogen (secondary N) is 1. The summed E-state index contributed by atoms with van der Waals surface area (Å²) in [6, 6.07) is 5.16. The minimum atomic E-state index is -0.222. The zero-order chi connectivity index (χ0) is 15.2. The molecule has 0 saturated carbocycles. The molecule has 0 fully saturated rings. The lowest BCUT2D eigenvalue weighted by molar-refractivity contribution is 0.301. The Kier molecular flexibility index (Phi) is 6.43. The molecule has 2 N–H and O–H groups in total. The fourth-order valence-corrected chi connectivity index (χ4v) is 2.14. The van der Waals surface area contributed by atoms with Crippen LogP contribution in [0.15, 0.2) is 18.2 Å². The van der Waals surface area contributed by atoms with Crippen molar-refractivity contribution >= 4 is 5.69 Å². The van der Waals surface area contributed by atoms with E-state index in [0.29, 0.717) is 18.8 Å². The number of aliphatic hydroxyl groups is 1. The summed E-state index contributed by atoms with van der Waals surface area (Å²) in [5.74, 6) is -0.222. The first-order valence-corrected chi connectivity index (χ1v) is 7.27. The van der Waals surface area contributed by atoms with Crippen LogP contribution < -0.4 is 10.2 Å². The molecule has 0 heterocycles. The van der Waals surface area contributed by atoms with Crippen LogP contribution in [0.3, 0.4) is 0 Å². The minimum Gasteiger partial charge on any atom is -0.395 e. The molecule has 0 aliphatic carbocycles. The van der Waals surface area contributed by atoms with Crippen molar-refractivity contribution in [1.82, 2.24) is 5.32 Å². The molecule has 0 aliphatic heterocycles. The van der Waals surface area contributed by atoms with E-state index in [0.717, 1.165) is 18.5 Å². The van der Waals surface area contributed by atoms with Gasteiger partial charge in [0.1, 0.15) is 5.82 Å². The van der Waals surface area contributed by atoms with Crippen LogP contribution in [-0.4, -0.2) is 30.3 Å². The van der Waals surface area contributed by atoms with Crippen LogP contribution in [0.25, 0.3) is 0 Å². The van der Waals surface area contributed by atoms with Gasteiger partial charge in [-0.05, 0) is 38.8 Å². The second-order valence-electron chi connectivity index (χ2n) is 6.06. The number of halogens is 1. The van der Waals surface area contributed by atoms with Crippen molar-refractivity contribution in [2.24, 2.45) is 0 Å². The maximum Gasteiger partial charge on any atom is 0.146 e. The van der Waals surface area contributed by atoms with E-state index in [1.54, 1.807) is 6.07 Å². The fraction of sp³-hybridized carbons (Fsp3) is 0.625. The van der Waals surface area contributed by atoms with Crippen LogP contribution in [0.1, 0.15) is 39.7 Å². The van der Waals surface area contributed by atoms with Gasteiger partial charge in [0, 0.05) is 25.2 Å². The number of hydrogen-bond acceptors (Lipinski definition) is 3. The Bertz CT molecular complexity index is 409. The summed E-state index contributed by atoms with van der Waals surface area (Å²) < 4.78 is 14.2. The standard InChI is InChI=1S/C16H27FN2O/c1-5-9-19(10-11-20)15-13(7-6-8-14(15)17)12-18-16(2,3)4/h6-8,18,20H,5,9-12H2,1-4H3. The first kappa shape index (κ1) is 16.9. The molecule has 0 atom stereocenters. The quantitative estimate of drug-likeness (QED) is 0.807. The molecule has 3 nitrogen and oxygen atoms in total. The van der Waals surface area contributed by atoms with Gasteiger partial charge in [-0.2, -0.15) is 0 Å². The summed E-state index contributed by atoms with van der Waals surface area (Å²) in [5, 5.41) is 12.6. The van der Waals surface area contributed by atoms with E-state index in [9.17, 15) is 9.50 Å². The third-order valence-electron chi connectivity index (χ3n) is 3.06. The van der Waals surface area contributed by atoms with Gasteiger partial charge in [-0.25, -0.2) is 4.39 Å². The molecule has 1 rings (SSSR count). The third kappa shape index (κ3) is 5.10. The molecule has 0 spiro atoms. The molecule has 20 heavy (non-hydrogen) atoms. The van der Waals surface area contributed by atoms with Crippen LogP contribution in [0.5, 0.6) is 0 Å². The topological polar surface area (TPSA) is 35.5 Å². The van der Waals surface area contributed by atoms with Crippen LogP contribution in [-0.2, 0) is 6.54 Å². The van der Waals surface area contributed by atoms with Gasteiger partial charge in [0.05, 0.1) is 12.3 Å². The zero-order valence-electron chi connectivity index (χ0n) is 13.0. The van der Waals surface area contributed by atoms with Crippen molar-refractivity contribution in [2.45, 2.75) is 46.2 Å². The molecular weight excluding hydrogens is 255 g/mol. The summed E-state index contributed by atoms with van der Waals surface area (Å²) in [4.78, 5) is 1.93. The Labute approximate surface area is 121 Å². The number of para-hydroxylation sites is 1. The van der Waals surface area contributed by atoms with E-state index < -0.39 is 0 Å². The summed E-state index contributed by atoms with van der Waals surface area (Å²) in [7, 11) is 0. The first-order chi connectivity index (χ1) is 9.39. The molecule has 0 aromatic heterocycles. The molecule has 4 heteroatoms. The van der Waals surface area contributed by atoms with Gasteiger partial charge in [-0.1, -0.05) is 19.1 Å². The highest BCUT2D eigenvalue weighted by atomic mass is 19.1. The van der Waals surface area contributed by atoms with E-state index >= 15 is 0 Å². The van der Waals surface area contributed by atoms with Crippen LogP contribution in [0, 0.1) is 5.82 Å². The number of anilines is 1. The number of hydrogen-bond donors (Lipinski definition) is 2. The molecule has 1 aromatic carbocycles. The first-order valence-electron chi connectivity index (χ1n) is 7.27. The second kappa shape index (κ2) is 7.60. The highest BCUT2D eigenvalue weighted by Crippen LogP contribution is 2.25. The molecule has 0 unspecified atom stereocenters. The van der Waals surface area contributed by atoms with E-state index in [1.165, 1.54) is 6.07 Å². The van der Waals surface area contributed by atoms with Gasteiger partial charge < -0.3 is 15.3 Å². The Hall–Kier alpha value is -1.13. The van der Waals surface area contributed by atoms with Crippen molar-refractivity contribution in [3.05, 3.63) is 29.6 Å². The van der Waals surface area contributed by atoms with Gasteiger partial charge in [0.25, 0.3) is 0 Å². The van der Waals surface area contributed by atoms with E-state index in [-0.39, 0.29) is 18.0 Å². The highest BCUT2D eigenvalue weighted by Gasteiger charge is 2.17. The van der Waals surface area contributed by atoms with Crippen molar-refractivity contribution in [2.75, 3.05) is 24.6 Å². The lowest BCUT2D eigenvalue weighted by Crippen LogP contribution is -2.36. The van der Waals surface area contributed by atoms with Crippen LogP contribution >= 0.6 is 0 Å². The number of aliphatic hydroxyl groups excluding tert-OH is 1. The van der Waals surface area contributed by atoms with Crippen LogP contribution in [0.4, 0.5) is 10.1 Å². The molecule has 0 radical (unpaired) electrons. The van der Waals surface area contributed by atoms with E-state index in [1.807, 2.05) is 11.0 Å². The van der Waals surface area contributed by atoms with E-state index in [2.05, 4.69) is 33.0 Å².